The Bertz CT molecular complexity index is 978. The topological polar surface area (TPSA) is 35.9 Å². The number of nitrogens with zero attached hydrogens (tertiary/aromatic N) is 2. The van der Waals surface area contributed by atoms with E-state index in [2.05, 4.69) is 58.6 Å². The number of hydrogen-bond acceptors (Lipinski definition) is 5. The summed E-state index contributed by atoms with van der Waals surface area (Å²) in [6.45, 7) is 4.87. The lowest BCUT2D eigenvalue weighted by molar-refractivity contribution is 0.122. The highest BCUT2D eigenvalue weighted by Crippen LogP contribution is 2.42. The minimum Gasteiger partial charge on any atom is -0.505 e. The molecule has 2 aromatic carbocycles. The summed E-state index contributed by atoms with van der Waals surface area (Å²) in [6.07, 6.45) is 0. The van der Waals surface area contributed by atoms with E-state index in [0.29, 0.717) is 5.75 Å². The first-order chi connectivity index (χ1) is 13.2. The van der Waals surface area contributed by atoms with Crippen molar-refractivity contribution < 1.29 is 9.84 Å². The van der Waals surface area contributed by atoms with Crippen LogP contribution in [-0.4, -0.2) is 49.9 Å². The van der Waals surface area contributed by atoms with E-state index in [-0.39, 0.29) is 5.92 Å². The number of aromatic hydroxyl groups is 1. The second-order valence-corrected chi connectivity index (χ2v) is 8.52. The predicted octanol–water partition coefficient (Wildman–Crippen LogP) is 4.02. The fraction of sp³-hybridized carbons (Fsp3) is 0.364. The Morgan fingerprint density at radius 1 is 1.11 bits per heavy atom. The molecular formula is C22H24N2O2S. The van der Waals surface area contributed by atoms with E-state index in [1.54, 1.807) is 11.3 Å². The van der Waals surface area contributed by atoms with Gasteiger partial charge in [-0.3, -0.25) is 0 Å². The molecule has 4 nitrogen and oxygen atoms in total. The molecule has 0 saturated carbocycles. The molecule has 1 unspecified atom stereocenters. The molecule has 1 atom stereocenters. The zero-order valence-corrected chi connectivity index (χ0v) is 16.3. The molecule has 5 heteroatoms. The van der Waals surface area contributed by atoms with Crippen molar-refractivity contribution in [2.75, 3.05) is 44.8 Å². The maximum absolute atomic E-state index is 11.1. The van der Waals surface area contributed by atoms with Crippen molar-refractivity contribution in [2.24, 2.45) is 0 Å². The van der Waals surface area contributed by atoms with Gasteiger partial charge in [-0.15, -0.1) is 11.3 Å². The molecule has 140 valence electrons. The number of phenolic OH excluding ortho intramolecular Hbond substituents is 1. The van der Waals surface area contributed by atoms with E-state index in [1.807, 2.05) is 0 Å². The van der Waals surface area contributed by atoms with Gasteiger partial charge >= 0.3 is 0 Å². The summed E-state index contributed by atoms with van der Waals surface area (Å²) in [5, 5.41) is 14.6. The number of anilines is 1. The van der Waals surface area contributed by atoms with Crippen molar-refractivity contribution in [3.05, 3.63) is 58.5 Å². The normalized spacial score (nSPS) is 20.8. The first kappa shape index (κ1) is 17.0. The van der Waals surface area contributed by atoms with Gasteiger partial charge in [-0.2, -0.15) is 0 Å². The number of thiophene rings is 1. The molecule has 3 aromatic rings. The van der Waals surface area contributed by atoms with Crippen molar-refractivity contribution in [1.29, 1.82) is 0 Å². The lowest BCUT2D eigenvalue weighted by Crippen LogP contribution is -2.37. The maximum Gasteiger partial charge on any atom is 0.143 e. The van der Waals surface area contributed by atoms with Gasteiger partial charge in [0.1, 0.15) is 5.75 Å². The predicted molar refractivity (Wildman–Crippen MR) is 111 cm³/mol. The summed E-state index contributed by atoms with van der Waals surface area (Å²) < 4.78 is 6.79. The van der Waals surface area contributed by atoms with Crippen molar-refractivity contribution in [3.63, 3.8) is 0 Å². The van der Waals surface area contributed by atoms with Gasteiger partial charge in [-0.05, 0) is 47.1 Å². The molecule has 1 N–H and O–H groups in total. The van der Waals surface area contributed by atoms with Crippen LogP contribution in [0.15, 0.2) is 41.8 Å². The summed E-state index contributed by atoms with van der Waals surface area (Å²) in [6, 6.07) is 13.3. The minimum atomic E-state index is 0.287. The Morgan fingerprint density at radius 3 is 2.81 bits per heavy atom. The van der Waals surface area contributed by atoms with Crippen molar-refractivity contribution in [1.82, 2.24) is 4.90 Å². The molecule has 0 bridgehead atoms. The molecule has 0 aliphatic carbocycles. The molecule has 3 heterocycles. The van der Waals surface area contributed by atoms with Gasteiger partial charge in [0.05, 0.1) is 18.9 Å². The Balaban J connectivity index is 1.57. The number of hydrogen-bond donors (Lipinski definition) is 1. The van der Waals surface area contributed by atoms with Crippen molar-refractivity contribution >= 4 is 27.1 Å². The van der Waals surface area contributed by atoms with Crippen LogP contribution in [0.4, 0.5) is 5.69 Å². The van der Waals surface area contributed by atoms with E-state index in [1.165, 1.54) is 21.2 Å². The lowest BCUT2D eigenvalue weighted by Gasteiger charge is -2.36. The Hall–Kier alpha value is -2.08. The molecule has 0 spiro atoms. The highest BCUT2D eigenvalue weighted by Gasteiger charge is 2.29. The summed E-state index contributed by atoms with van der Waals surface area (Å²) in [4.78, 5) is 4.55. The second kappa shape index (κ2) is 6.82. The van der Waals surface area contributed by atoms with Crippen LogP contribution in [-0.2, 0) is 11.3 Å². The third-order valence-corrected chi connectivity index (χ3v) is 6.71. The third-order valence-electron chi connectivity index (χ3n) is 5.83. The summed E-state index contributed by atoms with van der Waals surface area (Å²) in [5.41, 5.74) is 4.61. The standard InChI is InChI=1S/C22H24N2O2S/c1-23-13-18(16-3-2-15-6-11-27-21(15)12-16)17-4-5-20(22(25)19(17)14-23)24-7-9-26-10-8-24/h2-6,11-12,18,25H,7-10,13-14H2,1H3. The third kappa shape index (κ3) is 3.00. The molecule has 1 aromatic heterocycles. The first-order valence-electron chi connectivity index (χ1n) is 9.54. The number of likely N-dealkylation sites (N-methyl/N-ethyl adjacent to an activating group) is 1. The van der Waals surface area contributed by atoms with Gasteiger partial charge in [0.2, 0.25) is 0 Å². The first-order valence-corrected chi connectivity index (χ1v) is 10.4. The van der Waals surface area contributed by atoms with Gasteiger partial charge in [0.15, 0.2) is 0 Å². The van der Waals surface area contributed by atoms with Crippen LogP contribution in [0.5, 0.6) is 5.75 Å². The quantitative estimate of drug-likeness (QED) is 0.728. The van der Waals surface area contributed by atoms with Crippen LogP contribution < -0.4 is 4.90 Å². The van der Waals surface area contributed by atoms with Crippen LogP contribution in [0.25, 0.3) is 10.1 Å². The molecule has 1 saturated heterocycles. The fourth-order valence-electron chi connectivity index (χ4n) is 4.41. The highest BCUT2D eigenvalue weighted by atomic mass is 32.1. The molecular weight excluding hydrogens is 356 g/mol. The fourth-order valence-corrected chi connectivity index (χ4v) is 5.25. The molecule has 0 amide bonds. The lowest BCUT2D eigenvalue weighted by atomic mass is 9.84. The summed E-state index contributed by atoms with van der Waals surface area (Å²) in [7, 11) is 2.14. The number of morpholine rings is 1. The smallest absolute Gasteiger partial charge is 0.143 e. The number of fused-ring (bicyclic) bond motifs is 2. The van der Waals surface area contributed by atoms with Crippen LogP contribution in [0.3, 0.4) is 0 Å². The minimum absolute atomic E-state index is 0.287. The number of benzene rings is 2. The molecule has 1 fully saturated rings. The van der Waals surface area contributed by atoms with E-state index in [9.17, 15) is 5.11 Å². The van der Waals surface area contributed by atoms with E-state index >= 15 is 0 Å². The van der Waals surface area contributed by atoms with E-state index < -0.39 is 0 Å². The zero-order chi connectivity index (χ0) is 18.4. The zero-order valence-electron chi connectivity index (χ0n) is 15.5. The van der Waals surface area contributed by atoms with E-state index in [0.717, 1.165) is 50.6 Å². The van der Waals surface area contributed by atoms with Crippen LogP contribution in [0.2, 0.25) is 0 Å². The molecule has 2 aliphatic rings. The molecule has 27 heavy (non-hydrogen) atoms. The van der Waals surface area contributed by atoms with Gasteiger partial charge in [-0.25, -0.2) is 0 Å². The highest BCUT2D eigenvalue weighted by molar-refractivity contribution is 7.17. The number of phenols is 1. The van der Waals surface area contributed by atoms with Gasteiger partial charge in [0, 0.05) is 42.4 Å². The van der Waals surface area contributed by atoms with Crippen molar-refractivity contribution in [2.45, 2.75) is 12.5 Å². The molecule has 2 aliphatic heterocycles. The van der Waals surface area contributed by atoms with Gasteiger partial charge < -0.3 is 19.6 Å². The molecule has 0 radical (unpaired) electrons. The molecule has 5 rings (SSSR count). The Kier molecular flexibility index (Phi) is 4.31. The van der Waals surface area contributed by atoms with Gasteiger partial charge in [-0.1, -0.05) is 18.2 Å². The summed E-state index contributed by atoms with van der Waals surface area (Å²) >= 11 is 1.79. The van der Waals surface area contributed by atoms with Crippen molar-refractivity contribution in [3.8, 4) is 5.75 Å². The largest absolute Gasteiger partial charge is 0.505 e. The average molecular weight is 381 g/mol. The monoisotopic (exact) mass is 380 g/mol. The van der Waals surface area contributed by atoms with Crippen LogP contribution in [0, 0.1) is 0 Å². The van der Waals surface area contributed by atoms with Crippen LogP contribution in [0.1, 0.15) is 22.6 Å². The van der Waals surface area contributed by atoms with Gasteiger partial charge in [0.25, 0.3) is 0 Å². The Morgan fingerprint density at radius 2 is 1.96 bits per heavy atom. The average Bonchev–Trinajstić information content (AvgIpc) is 3.17. The van der Waals surface area contributed by atoms with Crippen LogP contribution >= 0.6 is 11.3 Å². The summed E-state index contributed by atoms with van der Waals surface area (Å²) in [5.74, 6) is 0.734. The van der Waals surface area contributed by atoms with E-state index in [4.69, 9.17) is 4.74 Å². The maximum atomic E-state index is 11.1. The number of ether oxygens (including phenoxy) is 1. The SMILES string of the molecule is CN1Cc2c(ccc(N3CCOCC3)c2O)C(c2ccc3ccsc3c2)C1. The Labute approximate surface area is 163 Å². The number of rotatable bonds is 2. The second-order valence-electron chi connectivity index (χ2n) is 7.57.